The summed E-state index contributed by atoms with van der Waals surface area (Å²) in [6, 6.07) is 9.96. The molecule has 0 fully saturated rings. The zero-order valence-electron chi connectivity index (χ0n) is 9.78. The number of nitrogens with two attached hydrogens (primary N) is 1. The third-order valence-corrected chi connectivity index (χ3v) is 2.72. The first-order valence-electron chi connectivity index (χ1n) is 5.44. The van der Waals surface area contributed by atoms with Crippen LogP contribution >= 0.6 is 11.6 Å². The number of rotatable bonds is 2. The minimum atomic E-state index is -0.551. The van der Waals surface area contributed by atoms with Crippen LogP contribution < -0.4 is 16.4 Å². The second-order valence-corrected chi connectivity index (χ2v) is 4.20. The molecule has 19 heavy (non-hydrogen) atoms. The van der Waals surface area contributed by atoms with Crippen molar-refractivity contribution in [3.63, 3.8) is 0 Å². The van der Waals surface area contributed by atoms with E-state index in [1.807, 2.05) is 0 Å². The molecular formula is C13H11ClFN3O. The fourth-order valence-electron chi connectivity index (χ4n) is 1.48. The molecule has 0 radical (unpaired) electrons. The lowest BCUT2D eigenvalue weighted by Crippen LogP contribution is -2.20. The van der Waals surface area contributed by atoms with E-state index in [-0.39, 0.29) is 11.4 Å². The number of benzene rings is 2. The van der Waals surface area contributed by atoms with Crippen LogP contribution in [0.25, 0.3) is 0 Å². The number of carbonyl (C=O) groups excluding carboxylic acids is 1. The zero-order chi connectivity index (χ0) is 13.8. The minimum absolute atomic E-state index is 0.199. The lowest BCUT2D eigenvalue weighted by Gasteiger charge is -2.10. The summed E-state index contributed by atoms with van der Waals surface area (Å²) >= 11 is 5.90. The lowest BCUT2D eigenvalue weighted by atomic mass is 10.2. The standard InChI is InChI=1S/C13H11ClFN3O/c14-9-3-1-2-4-11(9)17-13(19)18-12-7-8(15)5-6-10(12)16/h1-7H,16H2,(H2,17,18,19). The molecule has 6 heteroatoms. The van der Waals surface area contributed by atoms with E-state index in [2.05, 4.69) is 10.6 Å². The zero-order valence-corrected chi connectivity index (χ0v) is 10.5. The first kappa shape index (κ1) is 13.2. The van der Waals surface area contributed by atoms with Gasteiger partial charge < -0.3 is 16.4 Å². The Bertz CT molecular complexity index is 619. The first-order chi connectivity index (χ1) is 9.06. The maximum Gasteiger partial charge on any atom is 0.323 e. The Morgan fingerprint density at radius 1 is 1.11 bits per heavy atom. The van der Waals surface area contributed by atoms with Gasteiger partial charge in [-0.1, -0.05) is 23.7 Å². The topological polar surface area (TPSA) is 67.1 Å². The molecule has 0 aromatic heterocycles. The number of nitrogens with one attached hydrogen (secondary N) is 2. The van der Waals surface area contributed by atoms with Crippen molar-refractivity contribution >= 4 is 34.7 Å². The van der Waals surface area contributed by atoms with Crippen LogP contribution in [0.15, 0.2) is 42.5 Å². The maximum atomic E-state index is 13.0. The SMILES string of the molecule is Nc1ccc(F)cc1NC(=O)Nc1ccccc1Cl. The molecule has 0 bridgehead atoms. The van der Waals surface area contributed by atoms with Crippen LogP contribution in [0.4, 0.5) is 26.2 Å². The highest BCUT2D eigenvalue weighted by Crippen LogP contribution is 2.22. The molecule has 0 aliphatic carbocycles. The van der Waals surface area contributed by atoms with E-state index < -0.39 is 11.8 Å². The Morgan fingerprint density at radius 2 is 1.79 bits per heavy atom. The third kappa shape index (κ3) is 3.35. The first-order valence-corrected chi connectivity index (χ1v) is 5.81. The van der Waals surface area contributed by atoms with Gasteiger partial charge in [0.2, 0.25) is 0 Å². The van der Waals surface area contributed by atoms with Gasteiger partial charge in [-0.15, -0.1) is 0 Å². The van der Waals surface area contributed by atoms with Gasteiger partial charge in [-0.05, 0) is 30.3 Å². The summed E-state index contributed by atoms with van der Waals surface area (Å²) < 4.78 is 13.0. The molecule has 0 saturated heterocycles. The molecule has 2 aromatic carbocycles. The predicted octanol–water partition coefficient (Wildman–Crippen LogP) is 3.71. The molecule has 2 amide bonds. The van der Waals surface area contributed by atoms with Crippen LogP contribution in [0.3, 0.4) is 0 Å². The average molecular weight is 280 g/mol. The number of halogens is 2. The molecule has 2 rings (SSSR count). The van der Waals surface area contributed by atoms with Crippen molar-refractivity contribution in [3.8, 4) is 0 Å². The van der Waals surface area contributed by atoms with Crippen molar-refractivity contribution in [3.05, 3.63) is 53.3 Å². The van der Waals surface area contributed by atoms with Crippen molar-refractivity contribution in [1.29, 1.82) is 0 Å². The molecular weight excluding hydrogens is 269 g/mol. The summed E-state index contributed by atoms with van der Waals surface area (Å²) in [5.41, 5.74) is 6.55. The van der Waals surface area contributed by atoms with Crippen LogP contribution in [-0.2, 0) is 0 Å². The highest BCUT2D eigenvalue weighted by atomic mass is 35.5. The highest BCUT2D eigenvalue weighted by molar-refractivity contribution is 6.33. The van der Waals surface area contributed by atoms with E-state index in [1.165, 1.54) is 12.1 Å². The van der Waals surface area contributed by atoms with Gasteiger partial charge in [0, 0.05) is 0 Å². The molecule has 0 heterocycles. The Morgan fingerprint density at radius 3 is 2.53 bits per heavy atom. The number of carbonyl (C=O) groups is 1. The van der Waals surface area contributed by atoms with Gasteiger partial charge in [0.25, 0.3) is 0 Å². The van der Waals surface area contributed by atoms with Crippen LogP contribution in [0.2, 0.25) is 5.02 Å². The van der Waals surface area contributed by atoms with E-state index in [0.717, 1.165) is 6.07 Å². The number of amides is 2. The second kappa shape index (κ2) is 5.58. The smallest absolute Gasteiger partial charge is 0.323 e. The molecule has 4 N–H and O–H groups in total. The predicted molar refractivity (Wildman–Crippen MR) is 74.9 cm³/mol. The van der Waals surface area contributed by atoms with Crippen molar-refractivity contribution in [1.82, 2.24) is 0 Å². The quantitative estimate of drug-likeness (QED) is 0.734. The molecule has 0 atom stereocenters. The molecule has 0 saturated carbocycles. The van der Waals surface area contributed by atoms with E-state index in [4.69, 9.17) is 17.3 Å². The van der Waals surface area contributed by atoms with Crippen molar-refractivity contribution in [2.24, 2.45) is 0 Å². The van der Waals surface area contributed by atoms with Gasteiger partial charge in [-0.2, -0.15) is 0 Å². The van der Waals surface area contributed by atoms with Crippen LogP contribution in [0.5, 0.6) is 0 Å². The van der Waals surface area contributed by atoms with Crippen molar-refractivity contribution < 1.29 is 9.18 Å². The normalized spacial score (nSPS) is 10.0. The Kier molecular flexibility index (Phi) is 3.87. The molecule has 0 aliphatic heterocycles. The Hall–Kier alpha value is -2.27. The molecule has 0 spiro atoms. The maximum absolute atomic E-state index is 13.0. The summed E-state index contributed by atoms with van der Waals surface area (Å²) in [4.78, 5) is 11.7. The fourth-order valence-corrected chi connectivity index (χ4v) is 1.66. The summed E-state index contributed by atoms with van der Waals surface area (Å²) in [5.74, 6) is -0.484. The molecule has 0 aliphatic rings. The fraction of sp³-hybridized carbons (Fsp3) is 0. The molecule has 98 valence electrons. The van der Waals surface area contributed by atoms with Crippen molar-refractivity contribution in [2.75, 3.05) is 16.4 Å². The van der Waals surface area contributed by atoms with Crippen LogP contribution in [-0.4, -0.2) is 6.03 Å². The Balaban J connectivity index is 2.10. The number of hydrogen-bond acceptors (Lipinski definition) is 2. The second-order valence-electron chi connectivity index (χ2n) is 3.79. The summed E-state index contributed by atoms with van der Waals surface area (Å²) in [6.07, 6.45) is 0. The highest BCUT2D eigenvalue weighted by Gasteiger charge is 2.08. The Labute approximate surface area is 114 Å². The van der Waals surface area contributed by atoms with E-state index in [1.54, 1.807) is 24.3 Å². The van der Waals surface area contributed by atoms with Gasteiger partial charge >= 0.3 is 6.03 Å². The van der Waals surface area contributed by atoms with E-state index >= 15 is 0 Å². The molecule has 2 aromatic rings. The molecule has 4 nitrogen and oxygen atoms in total. The van der Waals surface area contributed by atoms with Gasteiger partial charge in [0.05, 0.1) is 22.1 Å². The van der Waals surface area contributed by atoms with Crippen molar-refractivity contribution in [2.45, 2.75) is 0 Å². The van der Waals surface area contributed by atoms with E-state index in [9.17, 15) is 9.18 Å². The number of hydrogen-bond donors (Lipinski definition) is 3. The van der Waals surface area contributed by atoms with Gasteiger partial charge in [-0.25, -0.2) is 9.18 Å². The number of nitrogen functional groups attached to an aromatic ring is 1. The lowest BCUT2D eigenvalue weighted by molar-refractivity contribution is 0.262. The largest absolute Gasteiger partial charge is 0.397 e. The summed E-state index contributed by atoms with van der Waals surface area (Å²) in [6.45, 7) is 0. The van der Waals surface area contributed by atoms with Crippen LogP contribution in [0.1, 0.15) is 0 Å². The third-order valence-electron chi connectivity index (χ3n) is 2.39. The average Bonchev–Trinajstić information content (AvgIpc) is 2.37. The number of anilines is 3. The van der Waals surface area contributed by atoms with Crippen LogP contribution in [0, 0.1) is 5.82 Å². The monoisotopic (exact) mass is 279 g/mol. The van der Waals surface area contributed by atoms with E-state index in [0.29, 0.717) is 10.7 Å². The summed E-state index contributed by atoms with van der Waals surface area (Å²) in [7, 11) is 0. The number of para-hydroxylation sites is 1. The summed E-state index contributed by atoms with van der Waals surface area (Å²) in [5, 5.41) is 5.41. The molecule has 0 unspecified atom stereocenters. The minimum Gasteiger partial charge on any atom is -0.397 e. The van der Waals surface area contributed by atoms with Gasteiger partial charge in [0.15, 0.2) is 0 Å². The van der Waals surface area contributed by atoms with Gasteiger partial charge in [0.1, 0.15) is 5.82 Å². The number of urea groups is 1. The van der Waals surface area contributed by atoms with Gasteiger partial charge in [-0.3, -0.25) is 0 Å².